The monoisotopic (exact) mass is 191 g/mol. The third kappa shape index (κ3) is 2.04. The number of rotatable bonds is 4. The third-order valence-corrected chi connectivity index (χ3v) is 2.72. The fourth-order valence-corrected chi connectivity index (χ4v) is 1.70. The smallest absolute Gasteiger partial charge is 0.130 e. The summed E-state index contributed by atoms with van der Waals surface area (Å²) in [6.07, 6.45) is 4.53. The van der Waals surface area contributed by atoms with E-state index in [1.165, 1.54) is 18.4 Å². The summed E-state index contributed by atoms with van der Waals surface area (Å²) in [5.41, 5.74) is 1.28. The van der Waals surface area contributed by atoms with Crippen molar-refractivity contribution in [1.29, 1.82) is 0 Å². The summed E-state index contributed by atoms with van der Waals surface area (Å²) in [7, 11) is 4.10. The van der Waals surface area contributed by atoms with Crippen LogP contribution in [0.4, 0.5) is 5.82 Å². The first-order valence-corrected chi connectivity index (χ1v) is 5.13. The zero-order valence-electron chi connectivity index (χ0n) is 8.83. The van der Waals surface area contributed by atoms with Gasteiger partial charge in [-0.05, 0) is 26.0 Å². The quantitative estimate of drug-likeness (QED) is 0.785. The highest BCUT2D eigenvalue weighted by Gasteiger charge is 2.26. The predicted molar refractivity (Wildman–Crippen MR) is 58.3 cm³/mol. The number of hydrogen-bond acceptors (Lipinski definition) is 3. The maximum atomic E-state index is 4.29. The van der Waals surface area contributed by atoms with Crippen LogP contribution in [0.3, 0.4) is 0 Å². The Kier molecular flexibility index (Phi) is 2.68. The Labute approximate surface area is 85.1 Å². The highest BCUT2D eigenvalue weighted by atomic mass is 15.2. The summed E-state index contributed by atoms with van der Waals surface area (Å²) in [5, 5.41) is 3.12. The van der Waals surface area contributed by atoms with Crippen molar-refractivity contribution in [3.63, 3.8) is 0 Å². The van der Waals surface area contributed by atoms with Gasteiger partial charge in [0.2, 0.25) is 0 Å². The predicted octanol–water partition coefficient (Wildman–Crippen LogP) is 1.72. The van der Waals surface area contributed by atoms with E-state index in [4.69, 9.17) is 0 Å². The summed E-state index contributed by atoms with van der Waals surface area (Å²) < 4.78 is 0. The first-order chi connectivity index (χ1) is 6.81. The van der Waals surface area contributed by atoms with Crippen LogP contribution in [-0.4, -0.2) is 30.0 Å². The molecule has 0 saturated heterocycles. The van der Waals surface area contributed by atoms with Gasteiger partial charge >= 0.3 is 0 Å². The standard InChI is InChI=1S/C11H17N3/c1-12-11-9(4-3-7-13-11)8-14(2)10-5-6-10/h3-4,7,10H,5-6,8H2,1-2H3,(H,12,13). The molecule has 76 valence electrons. The average Bonchev–Trinajstić information content (AvgIpc) is 3.02. The van der Waals surface area contributed by atoms with Gasteiger partial charge in [-0.3, -0.25) is 4.90 Å². The van der Waals surface area contributed by atoms with Crippen molar-refractivity contribution >= 4 is 5.82 Å². The molecule has 0 atom stereocenters. The minimum Gasteiger partial charge on any atom is -0.373 e. The second-order valence-electron chi connectivity index (χ2n) is 3.91. The molecule has 2 rings (SSSR count). The van der Waals surface area contributed by atoms with E-state index in [1.807, 2.05) is 19.3 Å². The van der Waals surface area contributed by atoms with Crippen LogP contribution in [0.5, 0.6) is 0 Å². The molecule has 0 spiro atoms. The van der Waals surface area contributed by atoms with Gasteiger partial charge in [0.25, 0.3) is 0 Å². The SMILES string of the molecule is CNc1ncccc1CN(C)C1CC1. The van der Waals surface area contributed by atoms with Crippen LogP contribution in [0.2, 0.25) is 0 Å². The van der Waals surface area contributed by atoms with Crippen molar-refractivity contribution in [2.75, 3.05) is 19.4 Å². The summed E-state index contributed by atoms with van der Waals surface area (Å²) in [4.78, 5) is 6.69. The summed E-state index contributed by atoms with van der Waals surface area (Å²) in [6, 6.07) is 4.94. The topological polar surface area (TPSA) is 28.2 Å². The maximum absolute atomic E-state index is 4.29. The normalized spacial score (nSPS) is 15.9. The minimum absolute atomic E-state index is 0.805. The average molecular weight is 191 g/mol. The molecule has 3 heteroatoms. The molecule has 0 aliphatic heterocycles. The molecule has 3 nitrogen and oxygen atoms in total. The lowest BCUT2D eigenvalue weighted by atomic mass is 10.2. The Bertz CT molecular complexity index is 307. The van der Waals surface area contributed by atoms with E-state index in [9.17, 15) is 0 Å². The summed E-state index contributed by atoms with van der Waals surface area (Å²) >= 11 is 0. The molecule has 1 fully saturated rings. The van der Waals surface area contributed by atoms with Crippen LogP contribution >= 0.6 is 0 Å². The molecule has 1 heterocycles. The Morgan fingerprint density at radius 3 is 3.00 bits per heavy atom. The molecule has 1 N–H and O–H groups in total. The molecule has 0 radical (unpaired) electrons. The van der Waals surface area contributed by atoms with Crippen molar-refractivity contribution in [3.05, 3.63) is 23.9 Å². The van der Waals surface area contributed by atoms with E-state index in [0.29, 0.717) is 0 Å². The number of nitrogens with one attached hydrogen (secondary N) is 1. The number of hydrogen-bond donors (Lipinski definition) is 1. The van der Waals surface area contributed by atoms with E-state index in [1.54, 1.807) is 0 Å². The Hall–Kier alpha value is -1.09. The van der Waals surface area contributed by atoms with Crippen molar-refractivity contribution < 1.29 is 0 Å². The van der Waals surface area contributed by atoms with Crippen LogP contribution in [0.25, 0.3) is 0 Å². The van der Waals surface area contributed by atoms with Gasteiger partial charge < -0.3 is 5.32 Å². The molecule has 1 aliphatic carbocycles. The number of pyridine rings is 1. The summed E-state index contributed by atoms with van der Waals surface area (Å²) in [5.74, 6) is 1.00. The van der Waals surface area contributed by atoms with Gasteiger partial charge in [-0.15, -0.1) is 0 Å². The van der Waals surface area contributed by atoms with Crippen LogP contribution in [0, 0.1) is 0 Å². The second kappa shape index (κ2) is 3.96. The van der Waals surface area contributed by atoms with Crippen LogP contribution in [-0.2, 0) is 6.54 Å². The van der Waals surface area contributed by atoms with Gasteiger partial charge in [-0.2, -0.15) is 0 Å². The summed E-state index contributed by atoms with van der Waals surface area (Å²) in [6.45, 7) is 0.995. The highest BCUT2D eigenvalue weighted by molar-refractivity contribution is 5.42. The number of anilines is 1. The van der Waals surface area contributed by atoms with Gasteiger partial charge in [0, 0.05) is 31.4 Å². The second-order valence-corrected chi connectivity index (χ2v) is 3.91. The molecule has 1 aliphatic rings. The maximum Gasteiger partial charge on any atom is 0.130 e. The van der Waals surface area contributed by atoms with Gasteiger partial charge in [0.05, 0.1) is 0 Å². The first-order valence-electron chi connectivity index (χ1n) is 5.13. The highest BCUT2D eigenvalue weighted by Crippen LogP contribution is 2.27. The van der Waals surface area contributed by atoms with Crippen molar-refractivity contribution in [2.24, 2.45) is 0 Å². The zero-order chi connectivity index (χ0) is 9.97. The Morgan fingerprint density at radius 2 is 2.36 bits per heavy atom. The molecule has 1 saturated carbocycles. The van der Waals surface area contributed by atoms with Crippen LogP contribution in [0.1, 0.15) is 18.4 Å². The molecule has 0 unspecified atom stereocenters. The Balaban J connectivity index is 2.06. The van der Waals surface area contributed by atoms with Gasteiger partial charge in [-0.1, -0.05) is 6.07 Å². The van der Waals surface area contributed by atoms with Crippen molar-refractivity contribution in [3.8, 4) is 0 Å². The number of aromatic nitrogens is 1. The number of nitrogens with zero attached hydrogens (tertiary/aromatic N) is 2. The lowest BCUT2D eigenvalue weighted by Gasteiger charge is -2.17. The molecule has 1 aromatic rings. The lowest BCUT2D eigenvalue weighted by Crippen LogP contribution is -2.20. The van der Waals surface area contributed by atoms with E-state index in [-0.39, 0.29) is 0 Å². The fraction of sp³-hybridized carbons (Fsp3) is 0.545. The molecule has 0 amide bonds. The molecule has 0 bridgehead atoms. The molecule has 14 heavy (non-hydrogen) atoms. The van der Waals surface area contributed by atoms with Crippen LogP contribution < -0.4 is 5.32 Å². The molecule has 0 aromatic carbocycles. The molecular formula is C11H17N3. The minimum atomic E-state index is 0.805. The van der Waals surface area contributed by atoms with Gasteiger partial charge in [0.15, 0.2) is 0 Å². The fourth-order valence-electron chi connectivity index (χ4n) is 1.70. The molecular weight excluding hydrogens is 174 g/mol. The van der Waals surface area contributed by atoms with E-state index >= 15 is 0 Å². The van der Waals surface area contributed by atoms with Crippen molar-refractivity contribution in [1.82, 2.24) is 9.88 Å². The van der Waals surface area contributed by atoms with Gasteiger partial charge in [0.1, 0.15) is 5.82 Å². The third-order valence-electron chi connectivity index (χ3n) is 2.72. The first kappa shape index (κ1) is 9.46. The van der Waals surface area contributed by atoms with E-state index in [0.717, 1.165) is 18.4 Å². The largest absolute Gasteiger partial charge is 0.373 e. The van der Waals surface area contributed by atoms with E-state index in [2.05, 4.69) is 28.3 Å². The zero-order valence-corrected chi connectivity index (χ0v) is 8.83. The Morgan fingerprint density at radius 1 is 1.57 bits per heavy atom. The lowest BCUT2D eigenvalue weighted by molar-refractivity contribution is 0.316. The van der Waals surface area contributed by atoms with Crippen molar-refractivity contribution in [2.45, 2.75) is 25.4 Å². The van der Waals surface area contributed by atoms with Crippen LogP contribution in [0.15, 0.2) is 18.3 Å². The molecule has 1 aromatic heterocycles. The van der Waals surface area contributed by atoms with E-state index < -0.39 is 0 Å². The van der Waals surface area contributed by atoms with Gasteiger partial charge in [-0.25, -0.2) is 4.98 Å².